The molecule has 0 aliphatic heterocycles. The average molecular weight is 317 g/mol. The minimum absolute atomic E-state index is 0.130. The van der Waals surface area contributed by atoms with Gasteiger partial charge in [-0.3, -0.25) is 0 Å². The predicted octanol–water partition coefficient (Wildman–Crippen LogP) is 1.23. The van der Waals surface area contributed by atoms with Crippen LogP contribution in [-0.2, 0) is 16.6 Å². The van der Waals surface area contributed by atoms with E-state index in [0.29, 0.717) is 23.6 Å². The van der Waals surface area contributed by atoms with Gasteiger partial charge in [0.1, 0.15) is 16.4 Å². The first-order valence-electron chi connectivity index (χ1n) is 7.09. The van der Waals surface area contributed by atoms with Gasteiger partial charge in [0.25, 0.3) is 0 Å². The summed E-state index contributed by atoms with van der Waals surface area (Å²) in [6.07, 6.45) is 0.753. The van der Waals surface area contributed by atoms with E-state index >= 15 is 0 Å². The van der Waals surface area contributed by atoms with Crippen molar-refractivity contribution >= 4 is 10.0 Å². The molecule has 1 aromatic rings. The lowest BCUT2D eigenvalue weighted by Gasteiger charge is -2.17. The van der Waals surface area contributed by atoms with Gasteiger partial charge in [0, 0.05) is 18.2 Å². The maximum Gasteiger partial charge on any atom is 0.244 e. The van der Waals surface area contributed by atoms with Gasteiger partial charge in [-0.2, -0.15) is 0 Å². The minimum atomic E-state index is -3.57. The highest BCUT2D eigenvalue weighted by atomic mass is 32.2. The minimum Gasteiger partial charge on any atom is -0.465 e. The Balaban J connectivity index is 2.97. The van der Waals surface area contributed by atoms with E-state index in [0.717, 1.165) is 13.0 Å². The molecule has 0 radical (unpaired) electrons. The summed E-state index contributed by atoms with van der Waals surface area (Å²) in [6.45, 7) is 6.64. The van der Waals surface area contributed by atoms with Crippen LogP contribution in [0.2, 0.25) is 0 Å². The highest BCUT2D eigenvalue weighted by Crippen LogP contribution is 2.26. The van der Waals surface area contributed by atoms with E-state index in [4.69, 9.17) is 4.42 Å². The molecule has 0 bridgehead atoms. The third-order valence-corrected chi connectivity index (χ3v) is 5.10. The molecule has 6 nitrogen and oxygen atoms in total. The first-order chi connectivity index (χ1) is 9.69. The Morgan fingerprint density at radius 2 is 1.86 bits per heavy atom. The van der Waals surface area contributed by atoms with Crippen molar-refractivity contribution in [3.8, 4) is 0 Å². The molecule has 122 valence electrons. The molecule has 1 rings (SSSR count). The molecule has 0 saturated carbocycles. The number of nitrogens with one attached hydrogen (secondary N) is 2. The van der Waals surface area contributed by atoms with Crippen molar-refractivity contribution in [3.05, 3.63) is 17.1 Å². The summed E-state index contributed by atoms with van der Waals surface area (Å²) in [5.74, 6) is 1.08. The molecule has 0 saturated heterocycles. The highest BCUT2D eigenvalue weighted by Gasteiger charge is 2.27. The van der Waals surface area contributed by atoms with Crippen LogP contribution in [-0.4, -0.2) is 47.0 Å². The van der Waals surface area contributed by atoms with E-state index < -0.39 is 10.0 Å². The lowest BCUT2D eigenvalue weighted by Crippen LogP contribution is -2.35. The quantitative estimate of drug-likeness (QED) is 0.754. The zero-order valence-corrected chi connectivity index (χ0v) is 14.6. The standard InChI is InChI=1S/C14H27N3O3S/c1-10(7-8-17(5)6)16-21(18,19)14-12(3)20-11(2)13(14)9-15-4/h10,15-16H,7-9H2,1-6H3. The van der Waals surface area contributed by atoms with Crippen molar-refractivity contribution in [3.63, 3.8) is 0 Å². The number of furan rings is 1. The Bertz CT molecular complexity index is 564. The summed E-state index contributed by atoms with van der Waals surface area (Å²) < 4.78 is 33.4. The summed E-state index contributed by atoms with van der Waals surface area (Å²) in [6, 6.07) is -0.130. The average Bonchev–Trinajstić information content (AvgIpc) is 2.62. The van der Waals surface area contributed by atoms with Crippen molar-refractivity contribution < 1.29 is 12.8 Å². The normalized spacial score (nSPS) is 13.9. The van der Waals surface area contributed by atoms with Gasteiger partial charge in [-0.15, -0.1) is 0 Å². The fourth-order valence-electron chi connectivity index (χ4n) is 2.28. The predicted molar refractivity (Wildman–Crippen MR) is 83.9 cm³/mol. The van der Waals surface area contributed by atoms with Crippen LogP contribution in [0.4, 0.5) is 0 Å². The number of rotatable bonds is 8. The molecule has 0 spiro atoms. The van der Waals surface area contributed by atoms with Gasteiger partial charge >= 0.3 is 0 Å². The van der Waals surface area contributed by atoms with E-state index in [1.807, 2.05) is 25.9 Å². The van der Waals surface area contributed by atoms with Crippen LogP contribution in [0.25, 0.3) is 0 Å². The van der Waals surface area contributed by atoms with Crippen LogP contribution in [0.1, 0.15) is 30.4 Å². The number of sulfonamides is 1. The van der Waals surface area contributed by atoms with E-state index in [-0.39, 0.29) is 10.9 Å². The second kappa shape index (κ2) is 7.40. The van der Waals surface area contributed by atoms with Crippen molar-refractivity contribution in [2.45, 2.75) is 44.7 Å². The molecule has 1 heterocycles. The Morgan fingerprint density at radius 3 is 2.38 bits per heavy atom. The molecule has 0 aromatic carbocycles. The Morgan fingerprint density at radius 1 is 1.24 bits per heavy atom. The fourth-order valence-corrected chi connectivity index (χ4v) is 4.00. The summed E-state index contributed by atoms with van der Waals surface area (Å²) in [5.41, 5.74) is 0.697. The monoisotopic (exact) mass is 317 g/mol. The molecule has 21 heavy (non-hydrogen) atoms. The second-order valence-corrected chi connectivity index (χ2v) is 7.32. The molecule has 7 heteroatoms. The number of nitrogens with zero attached hydrogens (tertiary/aromatic N) is 1. The van der Waals surface area contributed by atoms with Crippen molar-refractivity contribution in [1.29, 1.82) is 0 Å². The zero-order valence-electron chi connectivity index (χ0n) is 13.8. The number of hydrogen-bond acceptors (Lipinski definition) is 5. The van der Waals surface area contributed by atoms with E-state index in [1.165, 1.54) is 0 Å². The van der Waals surface area contributed by atoms with Gasteiger partial charge in [0.2, 0.25) is 10.0 Å². The van der Waals surface area contributed by atoms with Crippen LogP contribution in [0.3, 0.4) is 0 Å². The fraction of sp³-hybridized carbons (Fsp3) is 0.714. The summed E-state index contributed by atoms with van der Waals surface area (Å²) in [7, 11) is 2.15. The van der Waals surface area contributed by atoms with Gasteiger partial charge in [0.05, 0.1) is 0 Å². The third-order valence-electron chi connectivity index (χ3n) is 3.31. The highest BCUT2D eigenvalue weighted by molar-refractivity contribution is 7.89. The van der Waals surface area contributed by atoms with Crippen molar-refractivity contribution in [2.24, 2.45) is 0 Å². The van der Waals surface area contributed by atoms with E-state index in [1.54, 1.807) is 20.9 Å². The molecule has 0 aliphatic carbocycles. The lowest BCUT2D eigenvalue weighted by atomic mass is 10.2. The lowest BCUT2D eigenvalue weighted by molar-refractivity contribution is 0.379. The molecule has 0 amide bonds. The first kappa shape index (κ1) is 18.2. The van der Waals surface area contributed by atoms with Gasteiger partial charge in [-0.05, 0) is 54.9 Å². The summed E-state index contributed by atoms with van der Waals surface area (Å²) in [5, 5.41) is 2.99. The van der Waals surface area contributed by atoms with Gasteiger partial charge in [-0.25, -0.2) is 13.1 Å². The topological polar surface area (TPSA) is 74.6 Å². The van der Waals surface area contributed by atoms with Gasteiger partial charge in [0.15, 0.2) is 0 Å². The molecule has 0 fully saturated rings. The Kier molecular flexibility index (Phi) is 6.40. The van der Waals surface area contributed by atoms with Crippen molar-refractivity contribution in [2.75, 3.05) is 27.7 Å². The zero-order chi connectivity index (χ0) is 16.2. The molecule has 1 unspecified atom stereocenters. The van der Waals surface area contributed by atoms with Crippen molar-refractivity contribution in [1.82, 2.24) is 14.9 Å². The molecular weight excluding hydrogens is 290 g/mol. The molecule has 2 N–H and O–H groups in total. The maximum atomic E-state index is 12.6. The van der Waals surface area contributed by atoms with Crippen LogP contribution >= 0.6 is 0 Å². The third kappa shape index (κ3) is 4.81. The van der Waals surface area contributed by atoms with E-state index in [2.05, 4.69) is 10.0 Å². The number of hydrogen-bond donors (Lipinski definition) is 2. The smallest absolute Gasteiger partial charge is 0.244 e. The SMILES string of the molecule is CNCc1c(C)oc(C)c1S(=O)(=O)NC(C)CCN(C)C. The first-order valence-corrected chi connectivity index (χ1v) is 8.58. The maximum absolute atomic E-state index is 12.6. The molecular formula is C14H27N3O3S. The summed E-state index contributed by atoms with van der Waals surface area (Å²) >= 11 is 0. The Hall–Kier alpha value is -0.890. The van der Waals surface area contributed by atoms with E-state index in [9.17, 15) is 8.42 Å². The van der Waals surface area contributed by atoms with Gasteiger partial charge in [-0.1, -0.05) is 0 Å². The second-order valence-electron chi connectivity index (χ2n) is 5.67. The summed E-state index contributed by atoms with van der Waals surface area (Å²) in [4.78, 5) is 2.30. The van der Waals surface area contributed by atoms with Crippen LogP contribution < -0.4 is 10.0 Å². The molecule has 1 atom stereocenters. The largest absolute Gasteiger partial charge is 0.465 e. The van der Waals surface area contributed by atoms with Crippen LogP contribution in [0.15, 0.2) is 9.31 Å². The number of aryl methyl sites for hydroxylation is 2. The van der Waals surface area contributed by atoms with Crippen LogP contribution in [0.5, 0.6) is 0 Å². The van der Waals surface area contributed by atoms with Crippen LogP contribution in [0, 0.1) is 13.8 Å². The molecule has 1 aromatic heterocycles. The van der Waals surface area contributed by atoms with Gasteiger partial charge < -0.3 is 14.6 Å². The molecule has 0 aliphatic rings. The Labute approximate surface area is 127 Å².